The largest absolute Gasteiger partial charge is 0.416 e. The standard InChI is InChI=1S/C22H20F3N3O3.3H2/c23-22(24,25)15-10-8-13(9-11-15)16-6-1-2-7-17(16)18(29)26-12-21(14-4-3-5-14)19(30)27-20(31)28-21;;;/h1-2,6-11,14H,3-5,12H2,(H,26,29)(H2,27,28,30,31);3*1H. The van der Waals surface area contributed by atoms with Crippen LogP contribution in [0.4, 0.5) is 18.0 Å². The summed E-state index contributed by atoms with van der Waals surface area (Å²) in [5.74, 6) is -1.01. The van der Waals surface area contributed by atoms with Crippen molar-refractivity contribution in [2.45, 2.75) is 31.0 Å². The Labute approximate surface area is 180 Å². The molecule has 4 rings (SSSR count). The number of amides is 4. The van der Waals surface area contributed by atoms with E-state index in [2.05, 4.69) is 16.0 Å². The van der Waals surface area contributed by atoms with Crippen molar-refractivity contribution in [2.75, 3.05) is 6.54 Å². The topological polar surface area (TPSA) is 87.3 Å². The highest BCUT2D eigenvalue weighted by Gasteiger charge is 2.53. The summed E-state index contributed by atoms with van der Waals surface area (Å²) in [4.78, 5) is 37.1. The van der Waals surface area contributed by atoms with Crippen LogP contribution >= 0.6 is 0 Å². The molecule has 1 aliphatic heterocycles. The second-order valence-electron chi connectivity index (χ2n) is 7.81. The van der Waals surface area contributed by atoms with Crippen LogP contribution in [-0.4, -0.2) is 29.9 Å². The predicted octanol–water partition coefficient (Wildman–Crippen LogP) is 4.22. The van der Waals surface area contributed by atoms with E-state index in [0.29, 0.717) is 11.1 Å². The average Bonchev–Trinajstić information content (AvgIpc) is 2.98. The van der Waals surface area contributed by atoms with Crippen LogP contribution in [0, 0.1) is 5.92 Å². The molecule has 2 aromatic carbocycles. The fraction of sp³-hybridized carbons (Fsp3) is 0.318. The smallest absolute Gasteiger partial charge is 0.349 e. The third-order valence-corrected chi connectivity index (χ3v) is 5.99. The van der Waals surface area contributed by atoms with Crippen molar-refractivity contribution in [3.63, 3.8) is 0 Å². The Hall–Kier alpha value is -3.36. The number of hydrogen-bond acceptors (Lipinski definition) is 3. The molecule has 6 nitrogen and oxygen atoms in total. The maximum atomic E-state index is 12.9. The van der Waals surface area contributed by atoms with Crippen molar-refractivity contribution in [3.05, 3.63) is 59.7 Å². The van der Waals surface area contributed by atoms with Crippen LogP contribution in [-0.2, 0) is 11.0 Å². The summed E-state index contributed by atoms with van der Waals surface area (Å²) < 4.78 is 38.5. The molecule has 2 fully saturated rings. The number of imide groups is 1. The fourth-order valence-corrected chi connectivity index (χ4v) is 4.05. The second kappa shape index (κ2) is 7.72. The van der Waals surface area contributed by atoms with Gasteiger partial charge in [0.1, 0.15) is 5.54 Å². The van der Waals surface area contributed by atoms with Gasteiger partial charge in [-0.05, 0) is 48.1 Å². The van der Waals surface area contributed by atoms with Gasteiger partial charge in [-0.3, -0.25) is 14.9 Å². The molecule has 0 spiro atoms. The third kappa shape index (κ3) is 3.87. The number of urea groups is 1. The quantitative estimate of drug-likeness (QED) is 0.612. The van der Waals surface area contributed by atoms with Crippen LogP contribution in [0.3, 0.4) is 0 Å². The van der Waals surface area contributed by atoms with Crippen molar-refractivity contribution in [1.82, 2.24) is 16.0 Å². The first kappa shape index (κ1) is 20.9. The van der Waals surface area contributed by atoms with Gasteiger partial charge in [0.2, 0.25) is 0 Å². The highest BCUT2D eigenvalue weighted by molar-refractivity contribution is 6.08. The van der Waals surface area contributed by atoms with E-state index in [1.54, 1.807) is 24.3 Å². The molecule has 1 saturated carbocycles. The van der Waals surface area contributed by atoms with Crippen LogP contribution < -0.4 is 16.0 Å². The Morgan fingerprint density at radius 3 is 2.32 bits per heavy atom. The summed E-state index contributed by atoms with van der Waals surface area (Å²) in [7, 11) is 0. The Morgan fingerprint density at radius 2 is 1.77 bits per heavy atom. The number of benzene rings is 2. The van der Waals surface area contributed by atoms with Gasteiger partial charge >= 0.3 is 12.2 Å². The van der Waals surface area contributed by atoms with Gasteiger partial charge in [0.15, 0.2) is 0 Å². The zero-order valence-electron chi connectivity index (χ0n) is 16.4. The first-order chi connectivity index (χ1) is 14.7. The van der Waals surface area contributed by atoms with E-state index >= 15 is 0 Å². The van der Waals surface area contributed by atoms with Gasteiger partial charge in [0.25, 0.3) is 11.8 Å². The molecule has 31 heavy (non-hydrogen) atoms. The van der Waals surface area contributed by atoms with E-state index in [9.17, 15) is 27.6 Å². The summed E-state index contributed by atoms with van der Waals surface area (Å²) in [6.07, 6.45) is -1.96. The van der Waals surface area contributed by atoms with Crippen LogP contribution in [0.15, 0.2) is 48.5 Å². The highest BCUT2D eigenvalue weighted by Crippen LogP contribution is 2.38. The Morgan fingerprint density at radius 1 is 1.10 bits per heavy atom. The Balaban J connectivity index is 0.00000193. The predicted molar refractivity (Wildman–Crippen MR) is 112 cm³/mol. The van der Waals surface area contributed by atoms with E-state index in [0.717, 1.165) is 31.4 Å². The van der Waals surface area contributed by atoms with E-state index in [4.69, 9.17) is 0 Å². The fourth-order valence-electron chi connectivity index (χ4n) is 4.05. The van der Waals surface area contributed by atoms with Gasteiger partial charge in [0.05, 0.1) is 12.1 Å². The molecule has 0 aromatic heterocycles. The molecule has 2 aliphatic rings. The Bertz CT molecular complexity index is 1050. The van der Waals surface area contributed by atoms with Gasteiger partial charge in [0, 0.05) is 9.84 Å². The summed E-state index contributed by atoms with van der Waals surface area (Å²) in [5.41, 5.74) is -0.779. The molecule has 1 saturated heterocycles. The van der Waals surface area contributed by atoms with Gasteiger partial charge in [-0.25, -0.2) is 4.79 Å². The molecule has 0 radical (unpaired) electrons. The van der Waals surface area contributed by atoms with Crippen molar-refractivity contribution < 1.29 is 31.8 Å². The van der Waals surface area contributed by atoms with E-state index in [1.807, 2.05) is 0 Å². The number of rotatable bonds is 5. The van der Waals surface area contributed by atoms with E-state index in [-0.39, 0.29) is 22.3 Å². The first-order valence-electron chi connectivity index (χ1n) is 9.89. The Kier molecular flexibility index (Phi) is 5.20. The normalized spacial score (nSPS) is 21.3. The van der Waals surface area contributed by atoms with Gasteiger partial charge in [-0.15, -0.1) is 0 Å². The first-order valence-corrected chi connectivity index (χ1v) is 9.89. The zero-order chi connectivity index (χ0) is 22.2. The number of carbonyl (C=O) groups excluding carboxylic acids is 3. The van der Waals surface area contributed by atoms with Gasteiger partial charge < -0.3 is 10.6 Å². The summed E-state index contributed by atoms with van der Waals surface area (Å²) in [6, 6.07) is 10.5. The number of carbonyl (C=O) groups is 3. The lowest BCUT2D eigenvalue weighted by Crippen LogP contribution is -2.61. The molecule has 1 atom stereocenters. The molecule has 1 heterocycles. The van der Waals surface area contributed by atoms with E-state index < -0.39 is 35.1 Å². The summed E-state index contributed by atoms with van der Waals surface area (Å²) >= 11 is 0. The molecule has 1 aliphatic carbocycles. The highest BCUT2D eigenvalue weighted by atomic mass is 19.4. The van der Waals surface area contributed by atoms with Crippen LogP contribution in [0.2, 0.25) is 0 Å². The molecule has 1 unspecified atom stereocenters. The summed E-state index contributed by atoms with van der Waals surface area (Å²) in [6.45, 7) is -0.0740. The van der Waals surface area contributed by atoms with Crippen molar-refractivity contribution in [1.29, 1.82) is 0 Å². The van der Waals surface area contributed by atoms with Crippen LogP contribution in [0.1, 0.15) is 39.5 Å². The lowest BCUT2D eigenvalue weighted by molar-refractivity contribution is -0.137. The van der Waals surface area contributed by atoms with Crippen molar-refractivity contribution in [2.24, 2.45) is 5.92 Å². The van der Waals surface area contributed by atoms with Crippen molar-refractivity contribution in [3.8, 4) is 11.1 Å². The number of nitrogens with one attached hydrogen (secondary N) is 3. The minimum atomic E-state index is -4.45. The molecular formula is C22H26F3N3O3. The molecule has 168 valence electrons. The third-order valence-electron chi connectivity index (χ3n) is 5.99. The molecule has 9 heteroatoms. The SMILES string of the molecule is O=C1NC(=O)C(CNC(=O)c2ccccc2-c2ccc(C(F)(F)F)cc2)(C2CCC2)N1.[HH].[HH].[HH]. The molecule has 2 aromatic rings. The van der Waals surface area contributed by atoms with Crippen molar-refractivity contribution >= 4 is 17.8 Å². The molecule has 4 amide bonds. The number of hydrogen-bond donors (Lipinski definition) is 3. The average molecular weight is 437 g/mol. The lowest BCUT2D eigenvalue weighted by atomic mass is 9.70. The minimum absolute atomic E-state index is 0. The van der Waals surface area contributed by atoms with Gasteiger partial charge in [-0.2, -0.15) is 13.2 Å². The van der Waals surface area contributed by atoms with E-state index in [1.165, 1.54) is 12.1 Å². The second-order valence-corrected chi connectivity index (χ2v) is 7.81. The molecular weight excluding hydrogens is 411 g/mol. The maximum absolute atomic E-state index is 12.9. The van der Waals surface area contributed by atoms with Crippen LogP contribution in [0.25, 0.3) is 11.1 Å². The number of halogens is 3. The van der Waals surface area contributed by atoms with Crippen LogP contribution in [0.5, 0.6) is 0 Å². The number of alkyl halides is 3. The van der Waals surface area contributed by atoms with Gasteiger partial charge in [-0.1, -0.05) is 36.8 Å². The summed E-state index contributed by atoms with van der Waals surface area (Å²) in [5, 5.41) is 7.65. The maximum Gasteiger partial charge on any atom is 0.416 e. The lowest BCUT2D eigenvalue weighted by Gasteiger charge is -2.40. The minimum Gasteiger partial charge on any atom is -0.349 e. The molecule has 0 bridgehead atoms. The zero-order valence-corrected chi connectivity index (χ0v) is 16.4. The monoisotopic (exact) mass is 437 g/mol. The molecule has 3 N–H and O–H groups in total.